The Hall–Kier alpha value is -3.21. The second-order valence-corrected chi connectivity index (χ2v) is 5.64. The van der Waals surface area contributed by atoms with Crippen molar-refractivity contribution in [2.45, 2.75) is 13.5 Å². The van der Waals surface area contributed by atoms with Crippen LogP contribution in [-0.4, -0.2) is 17.5 Å². The fraction of sp³-hybridized carbons (Fsp3) is 0.143. The molecule has 0 aliphatic carbocycles. The van der Waals surface area contributed by atoms with Gasteiger partial charge in [-0.1, -0.05) is 30.3 Å². The van der Waals surface area contributed by atoms with Crippen LogP contribution in [0.25, 0.3) is 0 Å². The molecule has 0 fully saturated rings. The van der Waals surface area contributed by atoms with Gasteiger partial charge in [0.2, 0.25) is 0 Å². The van der Waals surface area contributed by atoms with Crippen LogP contribution in [0.2, 0.25) is 0 Å². The smallest absolute Gasteiger partial charge is 0.263 e. The molecule has 3 rings (SSSR count). The lowest BCUT2D eigenvalue weighted by Crippen LogP contribution is -2.31. The second kappa shape index (κ2) is 8.25. The summed E-state index contributed by atoms with van der Waals surface area (Å²) in [5.41, 5.74) is 1.12. The Kier molecular flexibility index (Phi) is 5.59. The number of ether oxygens (including phenoxy) is 1. The highest BCUT2D eigenvalue weighted by atomic mass is 19.1. The number of amides is 1. The summed E-state index contributed by atoms with van der Waals surface area (Å²) >= 11 is 0. The van der Waals surface area contributed by atoms with Gasteiger partial charge in [-0.15, -0.1) is 0 Å². The molecule has 0 aliphatic rings. The molecule has 1 amide bonds. The molecule has 0 saturated carbocycles. The van der Waals surface area contributed by atoms with Gasteiger partial charge in [0.1, 0.15) is 17.4 Å². The molecule has 1 heterocycles. The fourth-order valence-electron chi connectivity index (χ4n) is 2.66. The SMILES string of the molecule is CCOc1ccccc1C(=O)N(Cc1cccc(F)c1)c1ccccn1. The monoisotopic (exact) mass is 350 g/mol. The van der Waals surface area contributed by atoms with E-state index in [-0.39, 0.29) is 18.3 Å². The minimum Gasteiger partial charge on any atom is -0.493 e. The van der Waals surface area contributed by atoms with Crippen molar-refractivity contribution >= 4 is 11.7 Å². The Morgan fingerprint density at radius 1 is 1.08 bits per heavy atom. The number of carbonyl (C=O) groups excluding carboxylic acids is 1. The molecule has 0 aliphatic heterocycles. The van der Waals surface area contributed by atoms with Gasteiger partial charge in [0, 0.05) is 6.20 Å². The predicted molar refractivity (Wildman–Crippen MR) is 98.8 cm³/mol. The number of nitrogens with zero attached hydrogens (tertiary/aromatic N) is 2. The lowest BCUT2D eigenvalue weighted by Gasteiger charge is -2.23. The quantitative estimate of drug-likeness (QED) is 0.659. The maximum Gasteiger partial charge on any atom is 0.263 e. The Morgan fingerprint density at radius 3 is 2.62 bits per heavy atom. The average molecular weight is 350 g/mol. The van der Waals surface area contributed by atoms with Crippen LogP contribution in [0.1, 0.15) is 22.8 Å². The molecule has 0 saturated heterocycles. The van der Waals surface area contributed by atoms with Gasteiger partial charge in [-0.05, 0) is 48.9 Å². The van der Waals surface area contributed by atoms with Gasteiger partial charge >= 0.3 is 0 Å². The third-order valence-corrected chi connectivity index (χ3v) is 3.82. The first-order valence-corrected chi connectivity index (χ1v) is 8.38. The van der Waals surface area contributed by atoms with Crippen LogP contribution in [-0.2, 0) is 6.54 Å². The molecule has 4 nitrogen and oxygen atoms in total. The van der Waals surface area contributed by atoms with E-state index in [1.54, 1.807) is 48.7 Å². The predicted octanol–water partition coefficient (Wildman–Crippen LogP) is 4.47. The van der Waals surface area contributed by atoms with Gasteiger partial charge < -0.3 is 4.74 Å². The Morgan fingerprint density at radius 2 is 1.88 bits per heavy atom. The van der Waals surface area contributed by atoms with Crippen LogP contribution >= 0.6 is 0 Å². The summed E-state index contributed by atoms with van der Waals surface area (Å²) in [6, 6.07) is 18.6. The number of hydrogen-bond donors (Lipinski definition) is 0. The number of carbonyl (C=O) groups is 1. The van der Waals surface area contributed by atoms with Crippen LogP contribution in [0.5, 0.6) is 5.75 Å². The van der Waals surface area contributed by atoms with Gasteiger partial charge in [0.15, 0.2) is 0 Å². The summed E-state index contributed by atoms with van der Waals surface area (Å²) in [5.74, 6) is 0.413. The standard InChI is InChI=1S/C21H19FN2O2/c1-2-26-19-11-4-3-10-18(19)21(25)24(20-12-5-6-13-23-20)15-16-8-7-9-17(22)14-16/h3-14H,2,15H2,1H3. The minimum atomic E-state index is -0.342. The van der Waals surface area contributed by atoms with Crippen molar-refractivity contribution in [1.29, 1.82) is 0 Å². The zero-order valence-corrected chi connectivity index (χ0v) is 14.4. The van der Waals surface area contributed by atoms with E-state index in [0.717, 1.165) is 0 Å². The van der Waals surface area contributed by atoms with Crippen LogP contribution in [0.4, 0.5) is 10.2 Å². The van der Waals surface area contributed by atoms with E-state index in [0.29, 0.717) is 29.3 Å². The van der Waals surface area contributed by atoms with Crippen LogP contribution < -0.4 is 9.64 Å². The summed E-state index contributed by atoms with van der Waals surface area (Å²) in [5, 5.41) is 0. The van der Waals surface area contributed by atoms with Gasteiger partial charge in [0.05, 0.1) is 18.7 Å². The minimum absolute atomic E-state index is 0.202. The summed E-state index contributed by atoms with van der Waals surface area (Å²) in [6.07, 6.45) is 1.62. The summed E-state index contributed by atoms with van der Waals surface area (Å²) in [4.78, 5) is 19.1. The highest BCUT2D eigenvalue weighted by molar-refractivity contribution is 6.07. The molecular weight excluding hydrogens is 331 g/mol. The van der Waals surface area contributed by atoms with Crippen molar-refractivity contribution < 1.29 is 13.9 Å². The average Bonchev–Trinajstić information content (AvgIpc) is 2.67. The van der Waals surface area contributed by atoms with Crippen molar-refractivity contribution in [3.8, 4) is 5.75 Å². The summed E-state index contributed by atoms with van der Waals surface area (Å²) in [6.45, 7) is 2.52. The maximum atomic E-state index is 13.6. The second-order valence-electron chi connectivity index (χ2n) is 5.64. The first-order valence-electron chi connectivity index (χ1n) is 8.38. The third-order valence-electron chi connectivity index (χ3n) is 3.82. The molecule has 1 aromatic heterocycles. The first kappa shape index (κ1) is 17.6. The van der Waals surface area contributed by atoms with Crippen molar-refractivity contribution in [3.05, 3.63) is 89.9 Å². The number of aromatic nitrogens is 1. The van der Waals surface area contributed by atoms with Crippen molar-refractivity contribution in [2.24, 2.45) is 0 Å². The molecule has 0 atom stereocenters. The lowest BCUT2D eigenvalue weighted by molar-refractivity contribution is 0.0980. The maximum absolute atomic E-state index is 13.6. The Balaban J connectivity index is 1.99. The molecule has 2 aromatic carbocycles. The summed E-state index contributed by atoms with van der Waals surface area (Å²) in [7, 11) is 0. The zero-order valence-electron chi connectivity index (χ0n) is 14.4. The lowest BCUT2D eigenvalue weighted by atomic mass is 10.1. The molecule has 0 N–H and O–H groups in total. The molecule has 3 aromatic rings. The van der Waals surface area contributed by atoms with Crippen LogP contribution in [0.3, 0.4) is 0 Å². The van der Waals surface area contributed by atoms with Gasteiger partial charge in [0.25, 0.3) is 5.91 Å². The molecule has 5 heteroatoms. The number of hydrogen-bond acceptors (Lipinski definition) is 3. The number of anilines is 1. The highest BCUT2D eigenvalue weighted by Gasteiger charge is 2.22. The fourth-order valence-corrected chi connectivity index (χ4v) is 2.66. The van der Waals surface area contributed by atoms with E-state index in [2.05, 4.69) is 4.98 Å². The van der Waals surface area contributed by atoms with E-state index in [1.807, 2.05) is 19.1 Å². The topological polar surface area (TPSA) is 42.4 Å². The number of benzene rings is 2. The third kappa shape index (κ3) is 4.06. The number of halogens is 1. The molecule has 26 heavy (non-hydrogen) atoms. The van der Waals surface area contributed by atoms with Crippen molar-refractivity contribution in [1.82, 2.24) is 4.98 Å². The van der Waals surface area contributed by atoms with Gasteiger partial charge in [-0.2, -0.15) is 0 Å². The number of rotatable bonds is 6. The highest BCUT2D eigenvalue weighted by Crippen LogP contribution is 2.24. The normalized spacial score (nSPS) is 10.4. The Labute approximate surface area is 151 Å². The van der Waals surface area contributed by atoms with E-state index >= 15 is 0 Å². The zero-order chi connectivity index (χ0) is 18.4. The number of para-hydroxylation sites is 1. The van der Waals surface area contributed by atoms with E-state index in [4.69, 9.17) is 4.74 Å². The van der Waals surface area contributed by atoms with Crippen LogP contribution in [0.15, 0.2) is 72.9 Å². The van der Waals surface area contributed by atoms with E-state index < -0.39 is 0 Å². The molecule has 0 radical (unpaired) electrons. The van der Waals surface area contributed by atoms with Gasteiger partial charge in [-0.25, -0.2) is 9.37 Å². The van der Waals surface area contributed by atoms with Crippen molar-refractivity contribution in [2.75, 3.05) is 11.5 Å². The van der Waals surface area contributed by atoms with Crippen molar-refractivity contribution in [3.63, 3.8) is 0 Å². The van der Waals surface area contributed by atoms with Crippen LogP contribution in [0, 0.1) is 5.82 Å². The van der Waals surface area contributed by atoms with E-state index in [9.17, 15) is 9.18 Å². The van der Waals surface area contributed by atoms with Gasteiger partial charge in [-0.3, -0.25) is 9.69 Å². The van der Waals surface area contributed by atoms with E-state index in [1.165, 1.54) is 17.0 Å². The molecule has 0 unspecified atom stereocenters. The molecule has 0 spiro atoms. The molecule has 132 valence electrons. The first-order chi connectivity index (χ1) is 12.7. The Bertz CT molecular complexity index is 884. The summed E-state index contributed by atoms with van der Waals surface area (Å²) < 4.78 is 19.2. The molecular formula is C21H19FN2O2. The number of pyridine rings is 1. The largest absolute Gasteiger partial charge is 0.493 e. The molecule has 0 bridgehead atoms.